The van der Waals surface area contributed by atoms with Gasteiger partial charge < -0.3 is 15.3 Å². The Morgan fingerprint density at radius 1 is 0.971 bits per heavy atom. The quantitative estimate of drug-likeness (QED) is 0.427. The molecular formula is C27H28F3N3O2. The summed E-state index contributed by atoms with van der Waals surface area (Å²) in [5.74, 6) is -4.17. The number of rotatable bonds is 6. The predicted molar refractivity (Wildman–Crippen MR) is 129 cm³/mol. The van der Waals surface area contributed by atoms with Gasteiger partial charge in [0.05, 0.1) is 16.8 Å². The van der Waals surface area contributed by atoms with Gasteiger partial charge in [-0.05, 0) is 76.4 Å². The summed E-state index contributed by atoms with van der Waals surface area (Å²) in [5.41, 5.74) is 1.33. The minimum atomic E-state index is -1.17. The number of phenolic OH excluding ortho intramolecular Hbond substituents is 1. The molecule has 5 rings (SSSR count). The van der Waals surface area contributed by atoms with Gasteiger partial charge in [0.15, 0.2) is 23.2 Å². The standard InChI is InChI=1S/C27H28F3N3O2/c1-33(2)17-7-5-16(6-8-17)32-25-19-11-18(15-9-22(29)27(35)23(30)10-15)21(28)12-24(19)31-13-20(25)26(34)14-3-4-14/h9-14,16-17,35H,3-8H2,1-2H3,(H,31,32). The molecule has 0 aliphatic heterocycles. The minimum Gasteiger partial charge on any atom is -0.503 e. The summed E-state index contributed by atoms with van der Waals surface area (Å²) in [6, 6.07) is 5.14. The number of halogens is 3. The van der Waals surface area contributed by atoms with Crippen molar-refractivity contribution in [3.05, 3.63) is 53.5 Å². The number of nitrogens with one attached hydrogen (secondary N) is 1. The van der Waals surface area contributed by atoms with Gasteiger partial charge in [0, 0.05) is 41.2 Å². The lowest BCUT2D eigenvalue weighted by atomic mass is 9.89. The van der Waals surface area contributed by atoms with E-state index in [-0.39, 0.29) is 28.9 Å². The van der Waals surface area contributed by atoms with E-state index in [9.17, 15) is 18.7 Å². The minimum absolute atomic E-state index is 0.0106. The molecule has 0 amide bonds. The Hall–Kier alpha value is -3.13. The number of hydrogen-bond donors (Lipinski definition) is 2. The lowest BCUT2D eigenvalue weighted by Gasteiger charge is -2.34. The average molecular weight is 484 g/mol. The molecule has 1 aromatic heterocycles. The number of pyridine rings is 1. The van der Waals surface area contributed by atoms with Crippen LogP contribution in [-0.2, 0) is 0 Å². The molecule has 2 N–H and O–H groups in total. The van der Waals surface area contributed by atoms with Crippen LogP contribution >= 0.6 is 0 Å². The van der Waals surface area contributed by atoms with Crippen molar-refractivity contribution in [3.8, 4) is 16.9 Å². The van der Waals surface area contributed by atoms with Crippen LogP contribution in [0.25, 0.3) is 22.0 Å². The molecule has 0 atom stereocenters. The summed E-state index contributed by atoms with van der Waals surface area (Å²) in [4.78, 5) is 19.7. The van der Waals surface area contributed by atoms with Crippen LogP contribution in [0.5, 0.6) is 5.75 Å². The van der Waals surface area contributed by atoms with Gasteiger partial charge in [-0.3, -0.25) is 9.78 Å². The third-order valence-electron chi connectivity index (χ3n) is 7.27. The van der Waals surface area contributed by atoms with Crippen molar-refractivity contribution in [3.63, 3.8) is 0 Å². The second-order valence-electron chi connectivity index (χ2n) is 9.94. The fourth-order valence-corrected chi connectivity index (χ4v) is 5.00. The van der Waals surface area contributed by atoms with Crippen LogP contribution in [0, 0.1) is 23.4 Å². The molecular weight excluding hydrogens is 455 g/mol. The summed E-state index contributed by atoms with van der Waals surface area (Å²) >= 11 is 0. The number of benzene rings is 2. The lowest BCUT2D eigenvalue weighted by molar-refractivity contribution is 0.0968. The highest BCUT2D eigenvalue weighted by Gasteiger charge is 2.33. The maximum absolute atomic E-state index is 15.0. The van der Waals surface area contributed by atoms with E-state index in [0.29, 0.717) is 28.2 Å². The third-order valence-corrected chi connectivity index (χ3v) is 7.27. The zero-order valence-corrected chi connectivity index (χ0v) is 19.7. The first-order valence-electron chi connectivity index (χ1n) is 12.0. The Morgan fingerprint density at radius 2 is 1.63 bits per heavy atom. The number of carbonyl (C=O) groups is 1. The maximum atomic E-state index is 15.0. The van der Waals surface area contributed by atoms with E-state index >= 15 is 4.39 Å². The highest BCUT2D eigenvalue weighted by molar-refractivity contribution is 6.10. The van der Waals surface area contributed by atoms with E-state index in [1.165, 1.54) is 18.3 Å². The average Bonchev–Trinajstić information content (AvgIpc) is 3.67. The molecule has 0 spiro atoms. The molecule has 2 saturated carbocycles. The largest absolute Gasteiger partial charge is 0.503 e. The van der Waals surface area contributed by atoms with Crippen molar-refractivity contribution < 1.29 is 23.1 Å². The highest BCUT2D eigenvalue weighted by Crippen LogP contribution is 2.40. The number of aromatic hydroxyl groups is 1. The van der Waals surface area contributed by atoms with Crippen LogP contribution < -0.4 is 5.32 Å². The van der Waals surface area contributed by atoms with Crippen LogP contribution in [0.1, 0.15) is 48.9 Å². The molecule has 3 aromatic rings. The van der Waals surface area contributed by atoms with E-state index < -0.39 is 23.2 Å². The molecule has 0 radical (unpaired) electrons. The van der Waals surface area contributed by atoms with Crippen molar-refractivity contribution in [1.29, 1.82) is 0 Å². The normalized spacial score (nSPS) is 20.4. The van der Waals surface area contributed by atoms with Crippen molar-refractivity contribution in [2.75, 3.05) is 19.4 Å². The molecule has 8 heteroatoms. The van der Waals surface area contributed by atoms with E-state index in [2.05, 4.69) is 29.3 Å². The number of anilines is 1. The molecule has 2 fully saturated rings. The van der Waals surface area contributed by atoms with Gasteiger partial charge in [-0.2, -0.15) is 0 Å². The van der Waals surface area contributed by atoms with E-state index in [4.69, 9.17) is 0 Å². The highest BCUT2D eigenvalue weighted by atomic mass is 19.1. The fraction of sp³-hybridized carbons (Fsp3) is 0.407. The Balaban J connectivity index is 1.60. The van der Waals surface area contributed by atoms with Crippen LogP contribution in [0.4, 0.5) is 18.9 Å². The zero-order chi connectivity index (χ0) is 24.9. The molecule has 2 aromatic carbocycles. The maximum Gasteiger partial charge on any atom is 0.187 e. The van der Waals surface area contributed by atoms with Gasteiger partial charge in [-0.15, -0.1) is 0 Å². The number of fused-ring (bicyclic) bond motifs is 1. The summed E-state index contributed by atoms with van der Waals surface area (Å²) in [5, 5.41) is 13.5. The molecule has 184 valence electrons. The van der Waals surface area contributed by atoms with Gasteiger partial charge in [-0.25, -0.2) is 13.2 Å². The first kappa shape index (κ1) is 23.6. The van der Waals surface area contributed by atoms with Gasteiger partial charge in [0.2, 0.25) is 0 Å². The Morgan fingerprint density at radius 3 is 2.23 bits per heavy atom. The summed E-state index contributed by atoms with van der Waals surface area (Å²) in [7, 11) is 4.15. The molecule has 2 aliphatic carbocycles. The summed E-state index contributed by atoms with van der Waals surface area (Å²) in [6.45, 7) is 0. The Kier molecular flexibility index (Phi) is 6.17. The Bertz CT molecular complexity index is 1280. The zero-order valence-electron chi connectivity index (χ0n) is 19.7. The summed E-state index contributed by atoms with van der Waals surface area (Å²) in [6.07, 6.45) is 7.07. The second kappa shape index (κ2) is 9.15. The van der Waals surface area contributed by atoms with E-state index in [1.807, 2.05) is 0 Å². The number of ketones is 1. The van der Waals surface area contributed by atoms with Crippen LogP contribution in [-0.4, -0.2) is 47.0 Å². The second-order valence-corrected chi connectivity index (χ2v) is 9.94. The molecule has 0 saturated heterocycles. The van der Waals surface area contributed by atoms with Crippen molar-refractivity contribution in [2.45, 2.75) is 50.6 Å². The number of carbonyl (C=O) groups excluding carboxylic acids is 1. The first-order chi connectivity index (χ1) is 16.7. The number of hydrogen-bond acceptors (Lipinski definition) is 5. The van der Waals surface area contributed by atoms with Crippen molar-refractivity contribution >= 4 is 22.4 Å². The molecule has 2 aliphatic rings. The monoisotopic (exact) mass is 483 g/mol. The van der Waals surface area contributed by atoms with Crippen LogP contribution in [0.15, 0.2) is 30.5 Å². The number of nitrogens with zero attached hydrogens (tertiary/aromatic N) is 2. The van der Waals surface area contributed by atoms with Crippen LogP contribution in [0.3, 0.4) is 0 Å². The van der Waals surface area contributed by atoms with Crippen molar-refractivity contribution in [2.24, 2.45) is 5.92 Å². The van der Waals surface area contributed by atoms with Gasteiger partial charge in [0.25, 0.3) is 0 Å². The molecule has 0 unspecified atom stereocenters. The smallest absolute Gasteiger partial charge is 0.187 e. The molecule has 5 nitrogen and oxygen atoms in total. The third kappa shape index (κ3) is 4.59. The van der Waals surface area contributed by atoms with Crippen molar-refractivity contribution in [1.82, 2.24) is 9.88 Å². The lowest BCUT2D eigenvalue weighted by Crippen LogP contribution is -2.36. The van der Waals surface area contributed by atoms with Gasteiger partial charge >= 0.3 is 0 Å². The topological polar surface area (TPSA) is 65.5 Å². The number of aromatic nitrogens is 1. The summed E-state index contributed by atoms with van der Waals surface area (Å²) < 4.78 is 43.1. The SMILES string of the molecule is CN(C)C1CCC(Nc2c(C(=O)C3CC3)cnc3cc(F)c(-c4cc(F)c(O)c(F)c4)cc23)CC1. The van der Waals surface area contributed by atoms with Gasteiger partial charge in [-0.1, -0.05) is 0 Å². The first-order valence-corrected chi connectivity index (χ1v) is 12.0. The number of Topliss-reactive ketones (excluding diaryl/α,β-unsaturated/α-hetero) is 1. The number of phenols is 1. The Labute approximate surface area is 202 Å². The fourth-order valence-electron chi connectivity index (χ4n) is 5.00. The molecule has 0 bridgehead atoms. The predicted octanol–water partition coefficient (Wildman–Crippen LogP) is 5.90. The van der Waals surface area contributed by atoms with E-state index in [0.717, 1.165) is 50.7 Å². The van der Waals surface area contributed by atoms with E-state index in [1.54, 1.807) is 0 Å². The molecule has 35 heavy (non-hydrogen) atoms. The van der Waals surface area contributed by atoms with Crippen LogP contribution in [0.2, 0.25) is 0 Å². The molecule has 1 heterocycles. The van der Waals surface area contributed by atoms with Gasteiger partial charge in [0.1, 0.15) is 5.82 Å².